The second-order valence-corrected chi connectivity index (χ2v) is 7.42. The summed E-state index contributed by atoms with van der Waals surface area (Å²) in [6, 6.07) is 0. The van der Waals surface area contributed by atoms with E-state index in [1.807, 2.05) is 17.9 Å². The van der Waals surface area contributed by atoms with Gasteiger partial charge in [0, 0.05) is 32.0 Å². The van der Waals surface area contributed by atoms with Gasteiger partial charge in [0.1, 0.15) is 11.6 Å². The number of nitrogens with one attached hydrogen (secondary N) is 1. The molecule has 0 aromatic carbocycles. The largest absolute Gasteiger partial charge is 0.356 e. The maximum atomic E-state index is 5.02. The first kappa shape index (κ1) is 15.7. The molecule has 136 valence electrons. The standard InChI is InChI=1S/C17H23N9/c1-25-16-13(10-18-25)17(20-14(19-16)11-4-2-3-5-11)26-8-6-12(7-9-26)15-21-23-24-22-15/h10-12H,2-9H2,1H3,(H,21,22,23,24). The second-order valence-electron chi connectivity index (χ2n) is 7.42. The number of hydrogen-bond donors (Lipinski definition) is 1. The van der Waals surface area contributed by atoms with E-state index in [-0.39, 0.29) is 0 Å². The minimum Gasteiger partial charge on any atom is -0.356 e. The molecule has 0 atom stereocenters. The normalized spacial score (nSPS) is 19.7. The Bertz CT molecular complexity index is 886. The lowest BCUT2D eigenvalue weighted by atomic mass is 9.96. The highest BCUT2D eigenvalue weighted by atomic mass is 15.5. The first-order valence-electron chi connectivity index (χ1n) is 9.47. The van der Waals surface area contributed by atoms with E-state index in [1.54, 1.807) is 0 Å². The van der Waals surface area contributed by atoms with Crippen molar-refractivity contribution in [1.82, 2.24) is 40.4 Å². The number of aromatic amines is 1. The summed E-state index contributed by atoms with van der Waals surface area (Å²) in [5, 5.41) is 20.0. The van der Waals surface area contributed by atoms with Crippen molar-refractivity contribution in [2.75, 3.05) is 18.0 Å². The molecule has 9 heteroatoms. The summed E-state index contributed by atoms with van der Waals surface area (Å²) in [7, 11) is 1.96. The molecule has 3 aromatic rings. The maximum absolute atomic E-state index is 5.02. The molecule has 5 rings (SSSR count). The fraction of sp³-hybridized carbons (Fsp3) is 0.647. The van der Waals surface area contributed by atoms with Gasteiger partial charge >= 0.3 is 0 Å². The predicted molar refractivity (Wildman–Crippen MR) is 95.9 cm³/mol. The summed E-state index contributed by atoms with van der Waals surface area (Å²) < 4.78 is 1.87. The lowest BCUT2D eigenvalue weighted by Gasteiger charge is -2.32. The number of tetrazole rings is 1. The first-order valence-corrected chi connectivity index (χ1v) is 9.47. The molecule has 1 aliphatic heterocycles. The zero-order valence-electron chi connectivity index (χ0n) is 15.0. The van der Waals surface area contributed by atoms with Gasteiger partial charge in [-0.25, -0.2) is 9.97 Å². The highest BCUT2D eigenvalue weighted by molar-refractivity contribution is 5.87. The molecule has 1 N–H and O–H groups in total. The molecule has 3 aromatic heterocycles. The zero-order chi connectivity index (χ0) is 17.5. The second kappa shape index (κ2) is 6.30. The fourth-order valence-electron chi connectivity index (χ4n) is 4.32. The minimum absolute atomic E-state index is 0.366. The van der Waals surface area contributed by atoms with Gasteiger partial charge < -0.3 is 4.90 Å². The van der Waals surface area contributed by atoms with Crippen LogP contribution in [0, 0.1) is 0 Å². The third-order valence-electron chi connectivity index (χ3n) is 5.83. The third-order valence-corrected chi connectivity index (χ3v) is 5.83. The van der Waals surface area contributed by atoms with Crippen LogP contribution in [0.5, 0.6) is 0 Å². The van der Waals surface area contributed by atoms with Gasteiger partial charge in [0.2, 0.25) is 0 Å². The number of fused-ring (bicyclic) bond motifs is 1. The molecule has 1 saturated heterocycles. The van der Waals surface area contributed by atoms with Crippen molar-refractivity contribution in [2.45, 2.75) is 50.4 Å². The molecule has 2 fully saturated rings. The minimum atomic E-state index is 0.366. The van der Waals surface area contributed by atoms with E-state index in [0.717, 1.165) is 54.4 Å². The van der Waals surface area contributed by atoms with Gasteiger partial charge in [-0.1, -0.05) is 18.1 Å². The van der Waals surface area contributed by atoms with Gasteiger partial charge in [-0.15, -0.1) is 10.2 Å². The van der Waals surface area contributed by atoms with Crippen LogP contribution >= 0.6 is 0 Å². The number of rotatable bonds is 3. The molecule has 4 heterocycles. The summed E-state index contributed by atoms with van der Waals surface area (Å²) in [6.45, 7) is 1.87. The summed E-state index contributed by atoms with van der Waals surface area (Å²) in [5.74, 6) is 3.71. The van der Waals surface area contributed by atoms with Crippen molar-refractivity contribution in [3.05, 3.63) is 17.8 Å². The maximum Gasteiger partial charge on any atom is 0.177 e. The van der Waals surface area contributed by atoms with Crippen molar-refractivity contribution in [3.8, 4) is 0 Å². The third kappa shape index (κ3) is 2.62. The van der Waals surface area contributed by atoms with E-state index >= 15 is 0 Å². The first-order chi connectivity index (χ1) is 12.8. The Hall–Kier alpha value is -2.58. The van der Waals surface area contributed by atoms with Gasteiger partial charge in [0.15, 0.2) is 11.5 Å². The van der Waals surface area contributed by atoms with E-state index in [0.29, 0.717) is 11.8 Å². The van der Waals surface area contributed by atoms with Crippen molar-refractivity contribution in [3.63, 3.8) is 0 Å². The number of anilines is 1. The Morgan fingerprint density at radius 2 is 1.77 bits per heavy atom. The smallest absolute Gasteiger partial charge is 0.177 e. The van der Waals surface area contributed by atoms with Crippen LogP contribution in [0.1, 0.15) is 62.0 Å². The van der Waals surface area contributed by atoms with Crippen LogP contribution < -0.4 is 4.90 Å². The molecule has 26 heavy (non-hydrogen) atoms. The number of aromatic nitrogens is 8. The average Bonchev–Trinajstić information content (AvgIpc) is 3.44. The highest BCUT2D eigenvalue weighted by Gasteiger charge is 2.28. The van der Waals surface area contributed by atoms with Crippen LogP contribution in [0.2, 0.25) is 0 Å². The highest BCUT2D eigenvalue weighted by Crippen LogP contribution is 2.36. The van der Waals surface area contributed by atoms with E-state index in [1.165, 1.54) is 25.7 Å². The van der Waals surface area contributed by atoms with Crippen molar-refractivity contribution >= 4 is 16.9 Å². The van der Waals surface area contributed by atoms with Crippen LogP contribution in [-0.4, -0.2) is 53.5 Å². The lowest BCUT2D eigenvalue weighted by Crippen LogP contribution is -2.34. The molecule has 0 bridgehead atoms. The summed E-state index contributed by atoms with van der Waals surface area (Å²) in [4.78, 5) is 12.3. The topological polar surface area (TPSA) is 101 Å². The molecule has 0 unspecified atom stereocenters. The van der Waals surface area contributed by atoms with Crippen LogP contribution in [0.25, 0.3) is 11.0 Å². The molecule has 1 aliphatic carbocycles. The van der Waals surface area contributed by atoms with E-state index in [9.17, 15) is 0 Å². The van der Waals surface area contributed by atoms with Crippen LogP contribution in [-0.2, 0) is 7.05 Å². The van der Waals surface area contributed by atoms with E-state index in [2.05, 4.69) is 30.6 Å². The quantitative estimate of drug-likeness (QED) is 0.767. The molecular formula is C17H23N9. The summed E-state index contributed by atoms with van der Waals surface area (Å²) >= 11 is 0. The number of piperidine rings is 1. The number of hydrogen-bond acceptors (Lipinski definition) is 7. The number of nitrogens with zero attached hydrogens (tertiary/aromatic N) is 8. The Balaban J connectivity index is 1.46. The molecule has 9 nitrogen and oxygen atoms in total. The van der Waals surface area contributed by atoms with Crippen molar-refractivity contribution in [2.24, 2.45) is 7.05 Å². The number of aryl methyl sites for hydroxylation is 1. The molecule has 0 amide bonds. The predicted octanol–water partition coefficient (Wildman–Crippen LogP) is 1.92. The summed E-state index contributed by atoms with van der Waals surface area (Å²) in [5.41, 5.74) is 0.942. The SMILES string of the molecule is Cn1ncc2c(N3CCC(c4nn[nH]n4)CC3)nc(C3CCCC3)nc21. The Labute approximate surface area is 151 Å². The molecule has 0 radical (unpaired) electrons. The molecular weight excluding hydrogens is 330 g/mol. The van der Waals surface area contributed by atoms with Crippen LogP contribution in [0.4, 0.5) is 5.82 Å². The monoisotopic (exact) mass is 353 g/mol. The van der Waals surface area contributed by atoms with Crippen molar-refractivity contribution < 1.29 is 0 Å². The molecule has 2 aliphatic rings. The Kier molecular flexibility index (Phi) is 3.79. The van der Waals surface area contributed by atoms with Gasteiger partial charge in [0.25, 0.3) is 0 Å². The van der Waals surface area contributed by atoms with E-state index < -0.39 is 0 Å². The number of H-pyrrole nitrogens is 1. The van der Waals surface area contributed by atoms with Gasteiger partial charge in [-0.2, -0.15) is 10.3 Å². The lowest BCUT2D eigenvalue weighted by molar-refractivity contribution is 0.483. The zero-order valence-corrected chi connectivity index (χ0v) is 15.0. The fourth-order valence-corrected chi connectivity index (χ4v) is 4.32. The van der Waals surface area contributed by atoms with Gasteiger partial charge in [-0.05, 0) is 25.7 Å². The molecule has 1 saturated carbocycles. The Morgan fingerprint density at radius 1 is 1.00 bits per heavy atom. The van der Waals surface area contributed by atoms with Crippen molar-refractivity contribution in [1.29, 1.82) is 0 Å². The van der Waals surface area contributed by atoms with Gasteiger partial charge in [-0.3, -0.25) is 4.68 Å². The molecule has 0 spiro atoms. The van der Waals surface area contributed by atoms with E-state index in [4.69, 9.17) is 9.97 Å². The van der Waals surface area contributed by atoms with Gasteiger partial charge in [0.05, 0.1) is 11.6 Å². The summed E-state index contributed by atoms with van der Waals surface area (Å²) in [6.07, 6.45) is 8.86. The Morgan fingerprint density at radius 3 is 2.50 bits per heavy atom. The van der Waals surface area contributed by atoms with Crippen LogP contribution in [0.15, 0.2) is 6.20 Å². The average molecular weight is 353 g/mol. The van der Waals surface area contributed by atoms with Crippen LogP contribution in [0.3, 0.4) is 0 Å².